The normalized spacial score (nSPS) is 18.0. The summed E-state index contributed by atoms with van der Waals surface area (Å²) < 4.78 is 0. The van der Waals surface area contributed by atoms with Gasteiger partial charge in [0.15, 0.2) is 0 Å². The second-order valence-electron chi connectivity index (χ2n) is 5.33. The lowest BCUT2D eigenvalue weighted by atomic mass is 10.1. The first-order valence-corrected chi connectivity index (χ1v) is 7.53. The van der Waals surface area contributed by atoms with E-state index in [0.29, 0.717) is 5.02 Å². The highest BCUT2D eigenvalue weighted by molar-refractivity contribution is 6.30. The van der Waals surface area contributed by atoms with Crippen LogP contribution in [0, 0.1) is 0 Å². The maximum atomic E-state index is 11.7. The van der Waals surface area contributed by atoms with Crippen molar-refractivity contribution >= 4 is 17.5 Å². The first kappa shape index (κ1) is 14.1. The third kappa shape index (κ3) is 2.93. The molecule has 21 heavy (non-hydrogen) atoms. The number of nitrogens with zero attached hydrogens (tertiary/aromatic N) is 2. The van der Waals surface area contributed by atoms with Crippen molar-refractivity contribution in [1.29, 1.82) is 0 Å². The van der Waals surface area contributed by atoms with Crippen LogP contribution >= 0.6 is 11.6 Å². The van der Waals surface area contributed by atoms with Gasteiger partial charge in [-0.1, -0.05) is 29.8 Å². The Hall–Kier alpha value is -1.87. The van der Waals surface area contributed by atoms with Gasteiger partial charge in [-0.05, 0) is 37.1 Å². The minimum atomic E-state index is 0.106. The van der Waals surface area contributed by atoms with Gasteiger partial charge in [0.05, 0.1) is 17.4 Å². The topological polar surface area (TPSA) is 33.2 Å². The number of benzene rings is 1. The summed E-state index contributed by atoms with van der Waals surface area (Å²) >= 11 is 5.92. The third-order valence-corrected chi connectivity index (χ3v) is 4.16. The van der Waals surface area contributed by atoms with Crippen molar-refractivity contribution in [3.63, 3.8) is 0 Å². The number of hydrogen-bond acceptors (Lipinski definition) is 2. The van der Waals surface area contributed by atoms with Gasteiger partial charge in [-0.2, -0.15) is 0 Å². The van der Waals surface area contributed by atoms with E-state index >= 15 is 0 Å². The Bertz CT molecular complexity index is 654. The van der Waals surface area contributed by atoms with Gasteiger partial charge < -0.3 is 4.90 Å². The minimum Gasteiger partial charge on any atom is -0.334 e. The van der Waals surface area contributed by atoms with Crippen LogP contribution in [0.4, 0.5) is 0 Å². The molecule has 1 aliphatic rings. The zero-order valence-electron chi connectivity index (χ0n) is 11.9. The number of carbonyl (C=O) groups excluding carboxylic acids is 1. The first-order chi connectivity index (χ1) is 10.1. The lowest BCUT2D eigenvalue weighted by Gasteiger charge is -2.23. The van der Waals surface area contributed by atoms with E-state index in [9.17, 15) is 4.79 Å². The molecule has 1 fully saturated rings. The highest BCUT2D eigenvalue weighted by Gasteiger charge is 2.28. The predicted octanol–water partition coefficient (Wildman–Crippen LogP) is 4.09. The summed E-state index contributed by atoms with van der Waals surface area (Å²) in [7, 11) is 0. The van der Waals surface area contributed by atoms with Crippen LogP contribution in [0.25, 0.3) is 11.3 Å². The van der Waals surface area contributed by atoms with Crippen LogP contribution < -0.4 is 0 Å². The Morgan fingerprint density at radius 2 is 2.00 bits per heavy atom. The molecule has 2 aromatic rings. The molecule has 0 radical (unpaired) electrons. The van der Waals surface area contributed by atoms with Crippen molar-refractivity contribution in [3.05, 3.63) is 53.2 Å². The second-order valence-corrected chi connectivity index (χ2v) is 5.76. The van der Waals surface area contributed by atoms with E-state index < -0.39 is 0 Å². The van der Waals surface area contributed by atoms with E-state index in [-0.39, 0.29) is 11.9 Å². The van der Waals surface area contributed by atoms with Gasteiger partial charge in [-0.25, -0.2) is 0 Å². The number of carbonyl (C=O) groups is 1. The molecule has 1 aromatic heterocycles. The van der Waals surface area contributed by atoms with E-state index in [4.69, 9.17) is 16.6 Å². The molecular weight excluding hydrogens is 284 g/mol. The molecule has 3 nitrogen and oxygen atoms in total. The zero-order valence-corrected chi connectivity index (χ0v) is 12.7. The summed E-state index contributed by atoms with van der Waals surface area (Å²) in [5.41, 5.74) is 2.92. The third-order valence-electron chi connectivity index (χ3n) is 3.91. The highest BCUT2D eigenvalue weighted by Crippen LogP contribution is 2.32. The fourth-order valence-electron chi connectivity index (χ4n) is 2.87. The number of rotatable bonds is 2. The van der Waals surface area contributed by atoms with Crippen molar-refractivity contribution < 1.29 is 4.79 Å². The van der Waals surface area contributed by atoms with Crippen LogP contribution in [-0.4, -0.2) is 22.3 Å². The summed E-state index contributed by atoms with van der Waals surface area (Å²) in [6, 6.07) is 13.8. The van der Waals surface area contributed by atoms with Crippen molar-refractivity contribution in [2.45, 2.75) is 25.8 Å². The van der Waals surface area contributed by atoms with Gasteiger partial charge in [0, 0.05) is 24.1 Å². The molecule has 0 aliphatic carbocycles. The summed E-state index contributed by atoms with van der Waals surface area (Å²) in [6.07, 6.45) is 2.02. The van der Waals surface area contributed by atoms with Gasteiger partial charge in [0.1, 0.15) is 0 Å². The number of aromatic nitrogens is 1. The summed E-state index contributed by atoms with van der Waals surface area (Å²) in [4.78, 5) is 18.4. The van der Waals surface area contributed by atoms with Crippen molar-refractivity contribution in [2.24, 2.45) is 0 Å². The first-order valence-electron chi connectivity index (χ1n) is 7.15. The lowest BCUT2D eigenvalue weighted by Crippen LogP contribution is -2.28. The second kappa shape index (κ2) is 5.86. The van der Waals surface area contributed by atoms with Gasteiger partial charge in [0.2, 0.25) is 5.91 Å². The fraction of sp³-hybridized carbons (Fsp3) is 0.294. The molecule has 0 saturated carbocycles. The van der Waals surface area contributed by atoms with Crippen LogP contribution in [0.5, 0.6) is 0 Å². The van der Waals surface area contributed by atoms with Gasteiger partial charge in [0.25, 0.3) is 0 Å². The lowest BCUT2D eigenvalue weighted by molar-refractivity contribution is -0.129. The largest absolute Gasteiger partial charge is 0.334 e. The van der Waals surface area contributed by atoms with Crippen LogP contribution in [0.15, 0.2) is 42.5 Å². The molecule has 3 rings (SSSR count). The predicted molar refractivity (Wildman–Crippen MR) is 84.0 cm³/mol. The average Bonchev–Trinajstić information content (AvgIpc) is 2.98. The number of pyridine rings is 1. The molecule has 1 aliphatic heterocycles. The fourth-order valence-corrected chi connectivity index (χ4v) is 3.00. The van der Waals surface area contributed by atoms with E-state index in [1.807, 2.05) is 47.4 Å². The van der Waals surface area contributed by atoms with E-state index in [1.165, 1.54) is 0 Å². The van der Waals surface area contributed by atoms with Gasteiger partial charge in [-0.3, -0.25) is 9.78 Å². The summed E-state index contributed by atoms with van der Waals surface area (Å²) in [6.45, 7) is 2.45. The maximum Gasteiger partial charge on any atom is 0.220 e. The van der Waals surface area contributed by atoms with Crippen molar-refractivity contribution in [3.8, 4) is 11.3 Å². The Kier molecular flexibility index (Phi) is 3.93. The molecule has 0 spiro atoms. The van der Waals surface area contributed by atoms with Gasteiger partial charge >= 0.3 is 0 Å². The van der Waals surface area contributed by atoms with Crippen molar-refractivity contribution in [1.82, 2.24) is 9.88 Å². The summed E-state index contributed by atoms with van der Waals surface area (Å²) in [5.74, 6) is 0.121. The van der Waals surface area contributed by atoms with Crippen LogP contribution in [0.2, 0.25) is 5.02 Å². The minimum absolute atomic E-state index is 0.106. The molecule has 1 aromatic carbocycles. The molecule has 0 unspecified atom stereocenters. The number of amides is 1. The molecule has 1 saturated heterocycles. The Balaban J connectivity index is 1.93. The molecule has 2 heterocycles. The number of likely N-dealkylation sites (tertiary alicyclic amines) is 1. The molecule has 0 N–H and O–H groups in total. The maximum absolute atomic E-state index is 11.7. The SMILES string of the molecule is CC(=O)N1CCC[C@@H]1c1cccc(-c2ccc(Cl)cc2)n1. The van der Waals surface area contributed by atoms with E-state index in [2.05, 4.69) is 0 Å². The van der Waals surface area contributed by atoms with Gasteiger partial charge in [-0.15, -0.1) is 0 Å². The van der Waals surface area contributed by atoms with Crippen LogP contribution in [0.1, 0.15) is 31.5 Å². The Labute approximate surface area is 129 Å². The zero-order chi connectivity index (χ0) is 14.8. The van der Waals surface area contributed by atoms with E-state index in [0.717, 1.165) is 36.3 Å². The number of hydrogen-bond donors (Lipinski definition) is 0. The standard InChI is InChI=1S/C17H17ClN2O/c1-12(21)20-11-3-6-17(20)16-5-2-4-15(19-16)13-7-9-14(18)10-8-13/h2,4-5,7-10,17H,3,6,11H2,1H3/t17-/m1/s1. The average molecular weight is 301 g/mol. The van der Waals surface area contributed by atoms with Crippen LogP contribution in [0.3, 0.4) is 0 Å². The smallest absolute Gasteiger partial charge is 0.220 e. The molecule has 0 bridgehead atoms. The van der Waals surface area contributed by atoms with Crippen molar-refractivity contribution in [2.75, 3.05) is 6.54 Å². The molecular formula is C17H17ClN2O. The monoisotopic (exact) mass is 300 g/mol. The Morgan fingerprint density at radius 3 is 2.71 bits per heavy atom. The molecule has 1 atom stereocenters. The Morgan fingerprint density at radius 1 is 1.24 bits per heavy atom. The molecule has 1 amide bonds. The quantitative estimate of drug-likeness (QED) is 0.837. The molecule has 4 heteroatoms. The molecule has 108 valence electrons. The highest BCUT2D eigenvalue weighted by atomic mass is 35.5. The van der Waals surface area contributed by atoms with Crippen LogP contribution in [-0.2, 0) is 4.79 Å². The summed E-state index contributed by atoms with van der Waals surface area (Å²) in [5, 5.41) is 0.716. The van der Waals surface area contributed by atoms with E-state index in [1.54, 1.807) is 6.92 Å². The number of halogens is 1.